The Kier molecular flexibility index (Phi) is 4.61. The predicted molar refractivity (Wildman–Crippen MR) is 86.9 cm³/mol. The first-order chi connectivity index (χ1) is 10.7. The van der Waals surface area contributed by atoms with Gasteiger partial charge in [0.05, 0.1) is 0 Å². The van der Waals surface area contributed by atoms with Crippen molar-refractivity contribution in [2.45, 2.75) is 44.6 Å². The Morgan fingerprint density at radius 1 is 1.14 bits per heavy atom. The lowest BCUT2D eigenvalue weighted by molar-refractivity contribution is -0.121. The second-order valence-corrected chi connectivity index (χ2v) is 6.04. The van der Waals surface area contributed by atoms with E-state index in [-0.39, 0.29) is 17.9 Å². The Morgan fingerprint density at radius 3 is 2.91 bits per heavy atom. The van der Waals surface area contributed by atoms with E-state index in [1.54, 1.807) is 0 Å². The van der Waals surface area contributed by atoms with Crippen LogP contribution in [0.4, 0.5) is 11.4 Å². The van der Waals surface area contributed by atoms with Crippen LogP contribution in [-0.2, 0) is 9.59 Å². The Labute approximate surface area is 131 Å². The summed E-state index contributed by atoms with van der Waals surface area (Å²) in [6, 6.07) is 7.64. The maximum Gasteiger partial charge on any atom is 0.242 e. The van der Waals surface area contributed by atoms with Gasteiger partial charge in [0.2, 0.25) is 11.8 Å². The largest absolute Gasteiger partial charge is 0.374 e. The number of amides is 2. The summed E-state index contributed by atoms with van der Waals surface area (Å²) in [6.07, 6.45) is 5.58. The van der Waals surface area contributed by atoms with E-state index in [4.69, 9.17) is 0 Å². The number of rotatable bonds is 3. The summed E-state index contributed by atoms with van der Waals surface area (Å²) < 4.78 is 0. The van der Waals surface area contributed by atoms with Crippen LogP contribution in [0.25, 0.3) is 0 Å². The molecule has 22 heavy (non-hydrogen) atoms. The van der Waals surface area contributed by atoms with Crippen LogP contribution in [0.2, 0.25) is 0 Å². The lowest BCUT2D eigenvalue weighted by Crippen LogP contribution is -2.38. The molecule has 2 heterocycles. The van der Waals surface area contributed by atoms with Crippen LogP contribution in [0.3, 0.4) is 0 Å². The molecule has 0 radical (unpaired) electrons. The van der Waals surface area contributed by atoms with E-state index in [0.717, 1.165) is 56.6 Å². The number of hydrogen-bond donors (Lipinski definition) is 2. The molecule has 0 saturated carbocycles. The molecule has 1 aromatic rings. The Morgan fingerprint density at radius 2 is 2.05 bits per heavy atom. The van der Waals surface area contributed by atoms with Gasteiger partial charge in [0.15, 0.2) is 0 Å². The molecule has 5 nitrogen and oxygen atoms in total. The average molecular weight is 301 g/mol. The van der Waals surface area contributed by atoms with Gasteiger partial charge in [-0.25, -0.2) is 0 Å². The van der Waals surface area contributed by atoms with Crippen LogP contribution in [0.5, 0.6) is 0 Å². The highest BCUT2D eigenvalue weighted by atomic mass is 16.2. The maximum absolute atomic E-state index is 12.0. The number of hydrogen-bond acceptors (Lipinski definition) is 3. The number of nitrogens with zero attached hydrogens (tertiary/aromatic N) is 1. The molecule has 5 heteroatoms. The lowest BCUT2D eigenvalue weighted by Gasteiger charge is -2.27. The fourth-order valence-electron chi connectivity index (χ4n) is 3.12. The molecule has 2 fully saturated rings. The first kappa shape index (κ1) is 14.9. The van der Waals surface area contributed by atoms with Crippen LogP contribution in [0, 0.1) is 0 Å². The smallest absolute Gasteiger partial charge is 0.242 e. The third-order valence-corrected chi connectivity index (χ3v) is 4.36. The summed E-state index contributed by atoms with van der Waals surface area (Å²) >= 11 is 0. The minimum absolute atomic E-state index is 0.0666. The Balaban J connectivity index is 1.73. The molecule has 2 aliphatic heterocycles. The van der Waals surface area contributed by atoms with Crippen molar-refractivity contribution in [1.82, 2.24) is 5.32 Å². The van der Waals surface area contributed by atoms with E-state index in [0.29, 0.717) is 6.42 Å². The van der Waals surface area contributed by atoms with Crippen LogP contribution >= 0.6 is 0 Å². The van der Waals surface area contributed by atoms with Crippen LogP contribution < -0.4 is 15.5 Å². The summed E-state index contributed by atoms with van der Waals surface area (Å²) in [6.45, 7) is 1.55. The molecule has 1 unspecified atom stereocenters. The zero-order valence-corrected chi connectivity index (χ0v) is 12.8. The standard InChI is InChI=1S/C17H23N3O2/c21-16-9-2-4-11-20(16)14-7-5-6-13(12-14)19-15-8-1-3-10-18-17(15)22/h5-7,12,15,19H,1-4,8-11H2,(H,18,22). The topological polar surface area (TPSA) is 61.4 Å². The first-order valence-corrected chi connectivity index (χ1v) is 8.19. The molecular formula is C17H23N3O2. The molecule has 118 valence electrons. The molecule has 2 amide bonds. The summed E-state index contributed by atoms with van der Waals surface area (Å²) in [7, 11) is 0. The summed E-state index contributed by atoms with van der Waals surface area (Å²) in [5.41, 5.74) is 1.82. The lowest BCUT2D eigenvalue weighted by atomic mass is 10.1. The van der Waals surface area contributed by atoms with Gasteiger partial charge >= 0.3 is 0 Å². The van der Waals surface area contributed by atoms with Gasteiger partial charge in [0.25, 0.3) is 0 Å². The number of carbonyl (C=O) groups excluding carboxylic acids is 2. The van der Waals surface area contributed by atoms with Crippen LogP contribution in [-0.4, -0.2) is 30.9 Å². The minimum Gasteiger partial charge on any atom is -0.374 e. The van der Waals surface area contributed by atoms with Crippen molar-refractivity contribution >= 4 is 23.2 Å². The highest BCUT2D eigenvalue weighted by Crippen LogP contribution is 2.24. The van der Waals surface area contributed by atoms with Crippen LogP contribution in [0.15, 0.2) is 24.3 Å². The van der Waals surface area contributed by atoms with Crippen LogP contribution in [0.1, 0.15) is 38.5 Å². The second kappa shape index (κ2) is 6.81. The van der Waals surface area contributed by atoms with E-state index >= 15 is 0 Å². The first-order valence-electron chi connectivity index (χ1n) is 8.19. The van der Waals surface area contributed by atoms with E-state index in [1.165, 1.54) is 0 Å². The third kappa shape index (κ3) is 3.40. The van der Waals surface area contributed by atoms with Gasteiger partial charge in [-0.1, -0.05) is 6.07 Å². The predicted octanol–water partition coefficient (Wildman–Crippen LogP) is 2.28. The van der Waals surface area contributed by atoms with Gasteiger partial charge in [-0.15, -0.1) is 0 Å². The summed E-state index contributed by atoms with van der Waals surface area (Å²) in [5, 5.41) is 6.25. The van der Waals surface area contributed by atoms with Gasteiger partial charge < -0.3 is 15.5 Å². The fourth-order valence-corrected chi connectivity index (χ4v) is 3.12. The highest BCUT2D eigenvalue weighted by Gasteiger charge is 2.22. The van der Waals surface area contributed by atoms with Crippen molar-refractivity contribution in [2.24, 2.45) is 0 Å². The normalized spacial score (nSPS) is 22.9. The Bertz CT molecular complexity index is 559. The molecule has 3 rings (SSSR count). The van der Waals surface area contributed by atoms with Gasteiger partial charge in [0.1, 0.15) is 6.04 Å². The van der Waals surface area contributed by atoms with Crippen molar-refractivity contribution in [3.8, 4) is 0 Å². The molecule has 1 aromatic carbocycles. The van der Waals surface area contributed by atoms with E-state index in [9.17, 15) is 9.59 Å². The quantitative estimate of drug-likeness (QED) is 0.900. The van der Waals surface area contributed by atoms with Gasteiger partial charge in [-0.2, -0.15) is 0 Å². The van der Waals surface area contributed by atoms with E-state index < -0.39 is 0 Å². The average Bonchev–Trinajstić information content (AvgIpc) is 2.73. The SMILES string of the molecule is O=C1NCCCCC1Nc1cccc(N2CCCCC2=O)c1. The monoisotopic (exact) mass is 301 g/mol. The molecule has 0 aromatic heterocycles. The molecule has 2 aliphatic rings. The minimum atomic E-state index is -0.185. The molecule has 0 bridgehead atoms. The van der Waals surface area contributed by atoms with Gasteiger partial charge in [-0.05, 0) is 50.3 Å². The molecule has 2 N–H and O–H groups in total. The molecule has 1 atom stereocenters. The summed E-state index contributed by atoms with van der Waals surface area (Å²) in [4.78, 5) is 25.9. The second-order valence-electron chi connectivity index (χ2n) is 6.04. The van der Waals surface area contributed by atoms with Crippen molar-refractivity contribution in [1.29, 1.82) is 0 Å². The molecule has 2 saturated heterocycles. The molecule has 0 spiro atoms. The van der Waals surface area contributed by atoms with Crippen molar-refractivity contribution in [3.05, 3.63) is 24.3 Å². The maximum atomic E-state index is 12.0. The Hall–Kier alpha value is -2.04. The number of anilines is 2. The number of carbonyl (C=O) groups is 2. The van der Waals surface area contributed by atoms with Gasteiger partial charge in [-0.3, -0.25) is 9.59 Å². The fraction of sp³-hybridized carbons (Fsp3) is 0.529. The van der Waals surface area contributed by atoms with E-state index in [1.807, 2.05) is 29.2 Å². The number of nitrogens with one attached hydrogen (secondary N) is 2. The van der Waals surface area contributed by atoms with Gasteiger partial charge in [0, 0.05) is 30.9 Å². The third-order valence-electron chi connectivity index (χ3n) is 4.36. The van der Waals surface area contributed by atoms with E-state index in [2.05, 4.69) is 10.6 Å². The molecule has 0 aliphatic carbocycles. The van der Waals surface area contributed by atoms with Crippen molar-refractivity contribution in [2.75, 3.05) is 23.3 Å². The molecular weight excluding hydrogens is 278 g/mol. The zero-order chi connectivity index (χ0) is 15.4. The highest BCUT2D eigenvalue weighted by molar-refractivity contribution is 5.94. The number of benzene rings is 1. The number of piperidine rings is 1. The summed E-state index contributed by atoms with van der Waals surface area (Å²) in [5.74, 6) is 0.257. The van der Waals surface area contributed by atoms with Crippen molar-refractivity contribution < 1.29 is 9.59 Å². The zero-order valence-electron chi connectivity index (χ0n) is 12.8. The van der Waals surface area contributed by atoms with Crippen molar-refractivity contribution in [3.63, 3.8) is 0 Å².